The van der Waals surface area contributed by atoms with Crippen LogP contribution >= 0.6 is 0 Å². The van der Waals surface area contributed by atoms with Crippen LogP contribution in [0.1, 0.15) is 42.8 Å². The molecule has 3 aromatic heterocycles. The molecule has 1 unspecified atom stereocenters. The summed E-state index contributed by atoms with van der Waals surface area (Å²) in [6.07, 6.45) is 2.07. The summed E-state index contributed by atoms with van der Waals surface area (Å²) in [6.45, 7) is 5.82. The van der Waals surface area contributed by atoms with Gasteiger partial charge in [0.1, 0.15) is 0 Å². The van der Waals surface area contributed by atoms with Crippen LogP contribution in [-0.4, -0.2) is 44.1 Å². The van der Waals surface area contributed by atoms with Gasteiger partial charge in [0.25, 0.3) is 0 Å². The summed E-state index contributed by atoms with van der Waals surface area (Å²) in [5, 5.41) is 11.7. The normalized spacial score (nSPS) is 17.3. The van der Waals surface area contributed by atoms with E-state index in [9.17, 15) is 4.79 Å². The van der Waals surface area contributed by atoms with Gasteiger partial charge in [0.15, 0.2) is 11.5 Å². The summed E-state index contributed by atoms with van der Waals surface area (Å²) < 4.78 is 0. The number of H-pyrrole nitrogens is 1. The molecule has 3 aromatic rings. The summed E-state index contributed by atoms with van der Waals surface area (Å²) in [6, 6.07) is 10.1. The Morgan fingerprint density at radius 1 is 1.30 bits per heavy atom. The number of rotatable bonds is 4. The van der Waals surface area contributed by atoms with Gasteiger partial charge in [0, 0.05) is 37.3 Å². The third-order valence-electron chi connectivity index (χ3n) is 5.11. The first kappa shape index (κ1) is 17.5. The second-order valence-corrected chi connectivity index (χ2v) is 7.13. The Morgan fingerprint density at radius 3 is 3.00 bits per heavy atom. The highest BCUT2D eigenvalue weighted by Gasteiger charge is 2.24. The number of aryl methyl sites for hydroxylation is 1. The summed E-state index contributed by atoms with van der Waals surface area (Å²) in [5.41, 5.74) is 3.76. The maximum Gasteiger partial charge on any atom is 0.219 e. The molecule has 4 heterocycles. The molecule has 7 heteroatoms. The molecule has 2 N–H and O–H groups in total. The van der Waals surface area contributed by atoms with Crippen molar-refractivity contribution >= 4 is 22.8 Å². The van der Waals surface area contributed by atoms with E-state index in [-0.39, 0.29) is 11.8 Å². The SMILES string of the molecule is CC(=O)N1CCCC(c2ccc3c(NCc4cccc(C)n4)n[nH]c3n2)C1. The second-order valence-electron chi connectivity index (χ2n) is 7.13. The quantitative estimate of drug-likeness (QED) is 0.743. The number of anilines is 1. The van der Waals surface area contributed by atoms with Crippen molar-refractivity contribution in [1.82, 2.24) is 25.1 Å². The van der Waals surface area contributed by atoms with Gasteiger partial charge in [-0.2, -0.15) is 5.10 Å². The van der Waals surface area contributed by atoms with E-state index in [0.717, 1.165) is 59.9 Å². The summed E-state index contributed by atoms with van der Waals surface area (Å²) >= 11 is 0. The Morgan fingerprint density at radius 2 is 2.19 bits per heavy atom. The molecule has 1 fully saturated rings. The number of amides is 1. The molecule has 0 saturated carbocycles. The van der Waals surface area contributed by atoms with Gasteiger partial charge in [-0.05, 0) is 44.0 Å². The molecule has 27 heavy (non-hydrogen) atoms. The molecule has 1 atom stereocenters. The van der Waals surface area contributed by atoms with Gasteiger partial charge >= 0.3 is 0 Å². The Labute approximate surface area is 158 Å². The molecule has 0 aliphatic carbocycles. The number of fused-ring (bicyclic) bond motifs is 1. The first-order chi connectivity index (χ1) is 13.1. The lowest BCUT2D eigenvalue weighted by molar-refractivity contribution is -0.130. The van der Waals surface area contributed by atoms with Gasteiger partial charge in [-0.25, -0.2) is 4.98 Å². The maximum absolute atomic E-state index is 11.7. The molecular weight excluding hydrogens is 340 g/mol. The molecule has 0 radical (unpaired) electrons. The maximum atomic E-state index is 11.7. The van der Waals surface area contributed by atoms with Gasteiger partial charge in [0.05, 0.1) is 17.6 Å². The lowest BCUT2D eigenvalue weighted by Crippen LogP contribution is -2.37. The number of carbonyl (C=O) groups excluding carboxylic acids is 1. The minimum atomic E-state index is 0.138. The zero-order valence-electron chi connectivity index (χ0n) is 15.7. The summed E-state index contributed by atoms with van der Waals surface area (Å²) in [4.78, 5) is 22.9. The van der Waals surface area contributed by atoms with E-state index in [1.165, 1.54) is 0 Å². The van der Waals surface area contributed by atoms with E-state index >= 15 is 0 Å². The number of hydrogen-bond donors (Lipinski definition) is 2. The monoisotopic (exact) mass is 364 g/mol. The molecular formula is C20H24N6O. The summed E-state index contributed by atoms with van der Waals surface area (Å²) in [7, 11) is 0. The zero-order valence-corrected chi connectivity index (χ0v) is 15.7. The van der Waals surface area contributed by atoms with Crippen LogP contribution < -0.4 is 5.32 Å². The zero-order chi connectivity index (χ0) is 18.8. The van der Waals surface area contributed by atoms with Crippen molar-refractivity contribution < 1.29 is 4.79 Å². The van der Waals surface area contributed by atoms with Gasteiger partial charge < -0.3 is 10.2 Å². The fraction of sp³-hybridized carbons (Fsp3) is 0.400. The molecule has 1 amide bonds. The molecule has 140 valence electrons. The molecule has 0 bridgehead atoms. The van der Waals surface area contributed by atoms with Gasteiger partial charge in [-0.3, -0.25) is 14.9 Å². The van der Waals surface area contributed by atoms with Crippen LogP contribution in [0.4, 0.5) is 5.82 Å². The number of piperidine rings is 1. The van der Waals surface area contributed by atoms with Crippen LogP contribution in [0.5, 0.6) is 0 Å². The highest BCUT2D eigenvalue weighted by molar-refractivity contribution is 5.87. The smallest absolute Gasteiger partial charge is 0.219 e. The van der Waals surface area contributed by atoms with E-state index in [4.69, 9.17) is 4.98 Å². The van der Waals surface area contributed by atoms with Crippen molar-refractivity contribution in [3.63, 3.8) is 0 Å². The van der Waals surface area contributed by atoms with Crippen LogP contribution in [0.15, 0.2) is 30.3 Å². The average molecular weight is 364 g/mol. The fourth-order valence-electron chi connectivity index (χ4n) is 3.66. The minimum absolute atomic E-state index is 0.138. The number of nitrogens with one attached hydrogen (secondary N) is 2. The second kappa shape index (κ2) is 7.34. The van der Waals surface area contributed by atoms with Crippen LogP contribution in [0.3, 0.4) is 0 Å². The van der Waals surface area contributed by atoms with E-state index in [1.54, 1.807) is 6.92 Å². The predicted octanol–water partition coefficient (Wildman–Crippen LogP) is 3.00. The third-order valence-corrected chi connectivity index (χ3v) is 5.11. The Kier molecular flexibility index (Phi) is 4.75. The standard InChI is InChI=1S/C20H24N6O/c1-13-5-3-7-16(22-13)11-21-19-17-8-9-18(23-20(17)25-24-19)15-6-4-10-26(12-15)14(2)27/h3,5,7-9,15H,4,6,10-12H2,1-2H3,(H2,21,23,24,25). The van der Waals surface area contributed by atoms with Crippen molar-refractivity contribution in [2.24, 2.45) is 0 Å². The van der Waals surface area contributed by atoms with E-state index < -0.39 is 0 Å². The number of aromatic nitrogens is 4. The van der Waals surface area contributed by atoms with Crippen molar-refractivity contribution in [1.29, 1.82) is 0 Å². The number of aromatic amines is 1. The highest BCUT2D eigenvalue weighted by Crippen LogP contribution is 2.28. The Balaban J connectivity index is 1.50. The topological polar surface area (TPSA) is 86.8 Å². The van der Waals surface area contributed by atoms with E-state index in [2.05, 4.69) is 32.6 Å². The van der Waals surface area contributed by atoms with Crippen molar-refractivity contribution in [3.05, 3.63) is 47.4 Å². The number of carbonyl (C=O) groups is 1. The van der Waals surface area contributed by atoms with Crippen molar-refractivity contribution in [2.75, 3.05) is 18.4 Å². The van der Waals surface area contributed by atoms with Crippen LogP contribution in [-0.2, 0) is 11.3 Å². The number of likely N-dealkylation sites (tertiary alicyclic amines) is 1. The Hall–Kier alpha value is -2.96. The molecule has 1 aliphatic rings. The number of hydrogen-bond acceptors (Lipinski definition) is 5. The molecule has 0 spiro atoms. The fourth-order valence-corrected chi connectivity index (χ4v) is 3.66. The van der Waals surface area contributed by atoms with Gasteiger partial charge in [-0.1, -0.05) is 6.07 Å². The third kappa shape index (κ3) is 3.77. The first-order valence-corrected chi connectivity index (χ1v) is 9.37. The van der Waals surface area contributed by atoms with Gasteiger partial charge in [0.2, 0.25) is 5.91 Å². The van der Waals surface area contributed by atoms with Crippen LogP contribution in [0.2, 0.25) is 0 Å². The van der Waals surface area contributed by atoms with E-state index in [0.29, 0.717) is 6.54 Å². The van der Waals surface area contributed by atoms with Crippen LogP contribution in [0, 0.1) is 6.92 Å². The minimum Gasteiger partial charge on any atom is -0.362 e. The van der Waals surface area contributed by atoms with Crippen LogP contribution in [0.25, 0.3) is 11.0 Å². The Bertz CT molecular complexity index is 966. The predicted molar refractivity (Wildman–Crippen MR) is 104 cm³/mol. The first-order valence-electron chi connectivity index (χ1n) is 9.37. The molecule has 1 aliphatic heterocycles. The lowest BCUT2D eigenvalue weighted by atomic mass is 9.94. The largest absolute Gasteiger partial charge is 0.362 e. The molecule has 7 nitrogen and oxygen atoms in total. The number of nitrogens with zero attached hydrogens (tertiary/aromatic N) is 4. The average Bonchev–Trinajstić information content (AvgIpc) is 3.09. The molecule has 0 aromatic carbocycles. The van der Waals surface area contributed by atoms with E-state index in [1.807, 2.05) is 30.0 Å². The highest BCUT2D eigenvalue weighted by atomic mass is 16.2. The van der Waals surface area contributed by atoms with Crippen molar-refractivity contribution in [2.45, 2.75) is 39.2 Å². The van der Waals surface area contributed by atoms with Crippen molar-refractivity contribution in [3.8, 4) is 0 Å². The molecule has 1 saturated heterocycles. The number of pyridine rings is 2. The van der Waals surface area contributed by atoms with Gasteiger partial charge in [-0.15, -0.1) is 0 Å². The lowest BCUT2D eigenvalue weighted by Gasteiger charge is -2.31. The summed E-state index contributed by atoms with van der Waals surface area (Å²) in [5.74, 6) is 1.20. The molecule has 4 rings (SSSR count).